The van der Waals surface area contributed by atoms with Gasteiger partial charge in [-0.05, 0) is 18.6 Å². The lowest BCUT2D eigenvalue weighted by Crippen LogP contribution is -2.45. The smallest absolute Gasteiger partial charge is 0.497 e. The highest BCUT2D eigenvalue weighted by Gasteiger charge is 2.36. The van der Waals surface area contributed by atoms with Gasteiger partial charge in [0.25, 0.3) is 0 Å². The van der Waals surface area contributed by atoms with Gasteiger partial charge in [-0.15, -0.1) is 18.3 Å². The number of ether oxygens (including phenoxy) is 2. The van der Waals surface area contributed by atoms with Gasteiger partial charge in [0, 0.05) is 18.1 Å². The van der Waals surface area contributed by atoms with E-state index >= 15 is 0 Å². The third-order valence-corrected chi connectivity index (χ3v) is 4.76. The van der Waals surface area contributed by atoms with Crippen LogP contribution in [0.25, 0.3) is 0 Å². The fraction of sp³-hybridized carbons (Fsp3) is 0.438. The van der Waals surface area contributed by atoms with E-state index in [-0.39, 0.29) is 23.4 Å². The summed E-state index contributed by atoms with van der Waals surface area (Å²) in [7, 11) is 1.32. The molecule has 1 aromatic rings. The van der Waals surface area contributed by atoms with Gasteiger partial charge < -0.3 is 9.47 Å². The van der Waals surface area contributed by atoms with Crippen molar-refractivity contribution < 1.29 is 32.2 Å². The van der Waals surface area contributed by atoms with Crippen LogP contribution in [0.1, 0.15) is 32.3 Å². The molecule has 7 nitrogen and oxygen atoms in total. The molecule has 148 valence electrons. The Labute approximate surface area is 157 Å². The van der Waals surface area contributed by atoms with E-state index in [2.05, 4.69) is 15.3 Å². The molecule has 1 heterocycles. The number of carbonyl (C=O) groups excluding carboxylic acids is 2. The monoisotopic (exact) mass is 405 g/mol. The van der Waals surface area contributed by atoms with Gasteiger partial charge in [-0.25, -0.2) is 5.43 Å². The number of nitrogens with one attached hydrogen (secondary N) is 1. The first-order chi connectivity index (χ1) is 12.7. The van der Waals surface area contributed by atoms with E-state index in [9.17, 15) is 22.8 Å². The number of alkyl halides is 3. The maximum atomic E-state index is 12.8. The number of methoxy groups -OCH3 is 1. The lowest BCUT2D eigenvalue weighted by Gasteiger charge is -2.28. The Morgan fingerprint density at radius 2 is 2.07 bits per heavy atom. The van der Waals surface area contributed by atoms with Crippen LogP contribution in [0.2, 0.25) is 0 Å². The summed E-state index contributed by atoms with van der Waals surface area (Å²) in [4.78, 5) is 23.7. The Morgan fingerprint density at radius 3 is 2.63 bits per heavy atom. The minimum atomic E-state index is -4.92. The Kier molecular flexibility index (Phi) is 6.58. The van der Waals surface area contributed by atoms with E-state index in [1.807, 2.05) is 0 Å². The van der Waals surface area contributed by atoms with Crippen LogP contribution in [0.5, 0.6) is 11.5 Å². The lowest BCUT2D eigenvalue weighted by molar-refractivity contribution is -0.274. The topological polar surface area (TPSA) is 80.2 Å². The highest BCUT2D eigenvalue weighted by atomic mass is 32.2. The number of halogens is 3. The number of amides is 2. The van der Waals surface area contributed by atoms with Crippen molar-refractivity contribution in [3.63, 3.8) is 0 Å². The molecule has 1 unspecified atom stereocenters. The zero-order valence-electron chi connectivity index (χ0n) is 14.8. The van der Waals surface area contributed by atoms with Crippen molar-refractivity contribution in [3.05, 3.63) is 23.8 Å². The summed E-state index contributed by atoms with van der Waals surface area (Å²) >= 11 is 0.860. The van der Waals surface area contributed by atoms with Gasteiger partial charge in [-0.3, -0.25) is 9.59 Å². The van der Waals surface area contributed by atoms with Crippen molar-refractivity contribution in [2.75, 3.05) is 7.11 Å². The van der Waals surface area contributed by atoms with Crippen molar-refractivity contribution in [3.8, 4) is 11.5 Å². The van der Waals surface area contributed by atoms with Crippen LogP contribution < -0.4 is 14.9 Å². The number of benzene rings is 1. The zero-order valence-corrected chi connectivity index (χ0v) is 15.6. The molecular weight excluding hydrogens is 387 g/mol. The molecule has 0 radical (unpaired) electrons. The predicted octanol–water partition coefficient (Wildman–Crippen LogP) is 3.69. The van der Waals surface area contributed by atoms with Crippen LogP contribution in [0.3, 0.4) is 0 Å². The number of rotatable bonds is 6. The molecule has 1 N–H and O–H groups in total. The summed E-state index contributed by atoms with van der Waals surface area (Å²) in [5.41, 5.74) is 2.53. The van der Waals surface area contributed by atoms with E-state index in [4.69, 9.17) is 4.74 Å². The molecule has 27 heavy (non-hydrogen) atoms. The fourth-order valence-corrected chi connectivity index (χ4v) is 3.14. The summed E-state index contributed by atoms with van der Waals surface area (Å²) in [5, 5.41) is 3.78. The normalized spacial score (nSPS) is 17.4. The number of hydrazone groups is 1. The lowest BCUT2D eigenvalue weighted by atomic mass is 10.0. The minimum Gasteiger partial charge on any atom is -0.497 e. The fourth-order valence-electron chi connectivity index (χ4n) is 2.26. The van der Waals surface area contributed by atoms with E-state index in [1.165, 1.54) is 19.2 Å². The largest absolute Gasteiger partial charge is 0.573 e. The average molecular weight is 405 g/mol. The molecular formula is C16H18F3N3O4S. The molecule has 1 aliphatic rings. The third-order valence-electron chi connectivity index (χ3n) is 3.54. The third kappa shape index (κ3) is 5.28. The summed E-state index contributed by atoms with van der Waals surface area (Å²) in [6, 6.07) is 3.93. The molecule has 1 atom stereocenters. The van der Waals surface area contributed by atoms with Gasteiger partial charge in [0.05, 0.1) is 18.1 Å². The van der Waals surface area contributed by atoms with Crippen LogP contribution >= 0.6 is 11.8 Å². The maximum absolute atomic E-state index is 12.8. The second kappa shape index (κ2) is 8.51. The SMILES string of the molecule is CCC(=O)NN1N=C(c2ccc(OC)cc2OC(F)(F)F)C(CC)SC1=O. The van der Waals surface area contributed by atoms with Gasteiger partial charge in [0.1, 0.15) is 11.5 Å². The molecule has 2 amide bonds. The molecule has 0 aliphatic carbocycles. The molecule has 0 spiro atoms. The number of hydrazine groups is 1. The van der Waals surface area contributed by atoms with E-state index in [0.717, 1.165) is 22.9 Å². The summed E-state index contributed by atoms with van der Waals surface area (Å²) < 4.78 is 47.6. The first-order valence-corrected chi connectivity index (χ1v) is 8.89. The van der Waals surface area contributed by atoms with Gasteiger partial charge in [-0.1, -0.05) is 25.6 Å². The number of nitrogens with zero attached hydrogens (tertiary/aromatic N) is 2. The van der Waals surface area contributed by atoms with Crippen molar-refractivity contribution in [1.29, 1.82) is 0 Å². The molecule has 0 saturated heterocycles. The Bertz CT molecular complexity index is 755. The van der Waals surface area contributed by atoms with Crippen molar-refractivity contribution in [2.45, 2.75) is 38.3 Å². The van der Waals surface area contributed by atoms with E-state index in [0.29, 0.717) is 6.42 Å². The quantitative estimate of drug-likeness (QED) is 0.781. The second-order valence-electron chi connectivity index (χ2n) is 5.38. The first kappa shape index (κ1) is 20.9. The van der Waals surface area contributed by atoms with Crippen LogP contribution in [-0.4, -0.2) is 40.7 Å². The molecule has 0 saturated carbocycles. The highest BCUT2D eigenvalue weighted by molar-refractivity contribution is 8.14. The van der Waals surface area contributed by atoms with Crippen molar-refractivity contribution >= 4 is 28.6 Å². The Morgan fingerprint density at radius 1 is 1.37 bits per heavy atom. The first-order valence-electron chi connectivity index (χ1n) is 8.01. The predicted molar refractivity (Wildman–Crippen MR) is 93.6 cm³/mol. The van der Waals surface area contributed by atoms with E-state index in [1.54, 1.807) is 13.8 Å². The van der Waals surface area contributed by atoms with E-state index < -0.39 is 28.5 Å². The van der Waals surface area contributed by atoms with Crippen LogP contribution in [0.15, 0.2) is 23.3 Å². The van der Waals surface area contributed by atoms with Gasteiger partial charge in [0.2, 0.25) is 5.91 Å². The molecule has 0 bridgehead atoms. The Balaban J connectivity index is 2.52. The van der Waals surface area contributed by atoms with Crippen LogP contribution in [0.4, 0.5) is 18.0 Å². The van der Waals surface area contributed by atoms with Crippen LogP contribution in [-0.2, 0) is 4.79 Å². The number of carbonyl (C=O) groups is 2. The molecule has 1 aromatic carbocycles. The maximum Gasteiger partial charge on any atom is 0.573 e. The number of thioether (sulfide) groups is 1. The van der Waals surface area contributed by atoms with Crippen molar-refractivity contribution in [2.24, 2.45) is 5.10 Å². The summed E-state index contributed by atoms with van der Waals surface area (Å²) in [6.45, 7) is 3.36. The molecule has 11 heteroatoms. The number of hydrogen-bond acceptors (Lipinski definition) is 6. The number of hydrogen-bond donors (Lipinski definition) is 1. The second-order valence-corrected chi connectivity index (χ2v) is 6.53. The average Bonchev–Trinajstić information content (AvgIpc) is 2.61. The standard InChI is InChI=1S/C16H18F3N3O4S/c1-4-12-14(21-22(15(24)27-12)20-13(23)5-2)10-7-6-9(25-3)8-11(10)26-16(17,18)19/h6-8,12H,4-5H2,1-3H3,(H,20,23). The molecule has 2 rings (SSSR count). The summed E-state index contributed by atoms with van der Waals surface area (Å²) in [6.07, 6.45) is -4.37. The minimum absolute atomic E-state index is 0.0516. The van der Waals surface area contributed by atoms with Crippen LogP contribution in [0, 0.1) is 0 Å². The summed E-state index contributed by atoms with van der Waals surface area (Å²) in [5.74, 6) is -0.790. The van der Waals surface area contributed by atoms with Gasteiger partial charge in [-0.2, -0.15) is 5.10 Å². The molecule has 1 aliphatic heterocycles. The Hall–Kier alpha value is -2.43. The zero-order chi connectivity index (χ0) is 20.2. The highest BCUT2D eigenvalue weighted by Crippen LogP contribution is 2.35. The molecule has 0 fully saturated rings. The molecule has 0 aromatic heterocycles. The van der Waals surface area contributed by atoms with Gasteiger partial charge >= 0.3 is 11.6 Å². The van der Waals surface area contributed by atoms with Gasteiger partial charge in [0.15, 0.2) is 0 Å². The van der Waals surface area contributed by atoms with Crippen molar-refractivity contribution in [1.82, 2.24) is 10.5 Å².